The van der Waals surface area contributed by atoms with Gasteiger partial charge in [0.05, 0.1) is 23.1 Å². The lowest BCUT2D eigenvalue weighted by Crippen LogP contribution is -2.56. The van der Waals surface area contributed by atoms with Crippen molar-refractivity contribution < 1.29 is 22.7 Å². The lowest BCUT2D eigenvalue weighted by Gasteiger charge is -2.41. The normalized spacial score (nSPS) is 21.6. The second-order valence-electron chi connectivity index (χ2n) is 9.45. The molecule has 2 aromatic carbocycles. The second-order valence-corrected chi connectivity index (χ2v) is 11.3. The van der Waals surface area contributed by atoms with Gasteiger partial charge in [0.1, 0.15) is 0 Å². The molecule has 0 aromatic heterocycles. The molecule has 0 unspecified atom stereocenters. The monoisotopic (exact) mass is 526 g/mol. The molecule has 2 aliphatic heterocycles. The van der Waals surface area contributed by atoms with E-state index in [9.17, 15) is 18.0 Å². The number of likely N-dealkylation sites (N-methyl/N-ethyl adjacent to an activating group) is 1. The SMILES string of the molecule is CCOC(=O)C1=C(CN2CCN(S(=O)(=O)c3ccccc3)[C@H](C)C2)N(C)C(=O)N[C@H]1c1ccc(C)cc1. The molecule has 0 aliphatic carbocycles. The first kappa shape index (κ1) is 26.8. The van der Waals surface area contributed by atoms with Gasteiger partial charge in [-0.1, -0.05) is 48.0 Å². The molecule has 0 saturated carbocycles. The molecule has 10 heteroatoms. The first-order valence-electron chi connectivity index (χ1n) is 12.4. The van der Waals surface area contributed by atoms with E-state index in [2.05, 4.69) is 10.2 Å². The lowest BCUT2D eigenvalue weighted by molar-refractivity contribution is -0.139. The van der Waals surface area contributed by atoms with Gasteiger partial charge in [-0.25, -0.2) is 18.0 Å². The Balaban J connectivity index is 1.62. The number of hydrogen-bond acceptors (Lipinski definition) is 6. The van der Waals surface area contributed by atoms with Crippen molar-refractivity contribution in [1.29, 1.82) is 0 Å². The van der Waals surface area contributed by atoms with E-state index in [4.69, 9.17) is 4.74 Å². The standard InChI is InChI=1S/C27H34N4O5S/c1-5-36-26(32)24-23(29(4)27(33)28-25(24)21-13-11-19(2)12-14-21)18-30-15-16-31(20(3)17-30)37(34,35)22-9-7-6-8-10-22/h6-14,20,25H,5,15-18H2,1-4H3,(H,28,33)/t20-,25+/m1/s1. The third kappa shape index (κ3) is 5.56. The number of benzene rings is 2. The zero-order valence-electron chi connectivity index (χ0n) is 21.7. The number of aryl methyl sites for hydroxylation is 1. The number of ether oxygens (including phenoxy) is 1. The molecule has 1 N–H and O–H groups in total. The highest BCUT2D eigenvalue weighted by atomic mass is 32.2. The van der Waals surface area contributed by atoms with E-state index in [1.165, 1.54) is 9.21 Å². The zero-order valence-corrected chi connectivity index (χ0v) is 22.5. The maximum absolute atomic E-state index is 13.2. The number of esters is 1. The molecule has 2 aliphatic rings. The number of urea groups is 1. The molecule has 9 nitrogen and oxygen atoms in total. The number of amides is 2. The summed E-state index contributed by atoms with van der Waals surface area (Å²) in [6.45, 7) is 7.33. The van der Waals surface area contributed by atoms with Crippen molar-refractivity contribution in [2.45, 2.75) is 37.8 Å². The van der Waals surface area contributed by atoms with Crippen LogP contribution < -0.4 is 5.32 Å². The van der Waals surface area contributed by atoms with Gasteiger partial charge in [0.2, 0.25) is 10.0 Å². The van der Waals surface area contributed by atoms with Crippen molar-refractivity contribution in [3.8, 4) is 0 Å². The average molecular weight is 527 g/mol. The molecule has 2 amide bonds. The Kier molecular flexibility index (Phi) is 8.01. The summed E-state index contributed by atoms with van der Waals surface area (Å²) in [6, 6.07) is 14.9. The molecule has 0 spiro atoms. The number of carbonyl (C=O) groups excluding carboxylic acids is 2. The Morgan fingerprint density at radius 2 is 1.76 bits per heavy atom. The first-order chi connectivity index (χ1) is 17.6. The van der Waals surface area contributed by atoms with Crippen LogP contribution in [0.5, 0.6) is 0 Å². The minimum atomic E-state index is -3.62. The molecule has 198 valence electrons. The van der Waals surface area contributed by atoms with Crippen LogP contribution in [0.3, 0.4) is 0 Å². The van der Waals surface area contributed by atoms with E-state index in [0.717, 1.165) is 11.1 Å². The zero-order chi connectivity index (χ0) is 26.7. The molecule has 37 heavy (non-hydrogen) atoms. The third-order valence-corrected chi connectivity index (χ3v) is 8.88. The van der Waals surface area contributed by atoms with Crippen LogP contribution in [0.1, 0.15) is 31.0 Å². The number of hydrogen-bond donors (Lipinski definition) is 1. The second kappa shape index (κ2) is 11.0. The molecular formula is C27H34N4O5S. The van der Waals surface area contributed by atoms with E-state index in [1.54, 1.807) is 44.3 Å². The van der Waals surface area contributed by atoms with Crippen molar-refractivity contribution in [3.63, 3.8) is 0 Å². The van der Waals surface area contributed by atoms with Gasteiger partial charge in [-0.2, -0.15) is 4.31 Å². The molecule has 1 saturated heterocycles. The Morgan fingerprint density at radius 1 is 1.08 bits per heavy atom. The minimum Gasteiger partial charge on any atom is -0.463 e. The summed E-state index contributed by atoms with van der Waals surface area (Å²) in [5, 5.41) is 2.93. The third-order valence-electron chi connectivity index (χ3n) is 6.86. The Labute approximate surface area is 218 Å². The van der Waals surface area contributed by atoms with Crippen LogP contribution in [0.15, 0.2) is 70.8 Å². The summed E-state index contributed by atoms with van der Waals surface area (Å²) in [7, 11) is -1.99. The maximum atomic E-state index is 13.2. The van der Waals surface area contributed by atoms with Crippen LogP contribution in [-0.4, -0.2) is 80.4 Å². The Bertz CT molecular complexity index is 1280. The topological polar surface area (TPSA) is 99.3 Å². The highest BCUT2D eigenvalue weighted by Gasteiger charge is 2.39. The molecule has 1 fully saturated rings. The molecule has 2 aromatic rings. The summed E-state index contributed by atoms with van der Waals surface area (Å²) in [6.07, 6.45) is 0. The quantitative estimate of drug-likeness (QED) is 0.557. The van der Waals surface area contributed by atoms with Crippen molar-refractivity contribution in [2.75, 3.05) is 39.8 Å². The van der Waals surface area contributed by atoms with Gasteiger partial charge < -0.3 is 10.1 Å². The van der Waals surface area contributed by atoms with E-state index in [-0.39, 0.29) is 23.6 Å². The summed E-state index contributed by atoms with van der Waals surface area (Å²) in [5.74, 6) is -0.478. The van der Waals surface area contributed by atoms with E-state index in [1.807, 2.05) is 38.1 Å². The number of sulfonamides is 1. The average Bonchev–Trinajstić information content (AvgIpc) is 2.87. The fourth-order valence-corrected chi connectivity index (χ4v) is 6.50. The number of piperazine rings is 1. The van der Waals surface area contributed by atoms with Crippen LogP contribution in [0, 0.1) is 6.92 Å². The summed E-state index contributed by atoms with van der Waals surface area (Å²) < 4.78 is 33.3. The van der Waals surface area contributed by atoms with Gasteiger partial charge in [0, 0.05) is 45.0 Å². The fraction of sp³-hybridized carbons (Fsp3) is 0.407. The molecule has 0 bridgehead atoms. The predicted octanol–water partition coefficient (Wildman–Crippen LogP) is 2.90. The Morgan fingerprint density at radius 3 is 2.38 bits per heavy atom. The van der Waals surface area contributed by atoms with Gasteiger partial charge in [-0.05, 0) is 38.5 Å². The number of carbonyl (C=O) groups is 2. The smallest absolute Gasteiger partial charge is 0.338 e. The maximum Gasteiger partial charge on any atom is 0.338 e. The van der Waals surface area contributed by atoms with Crippen LogP contribution in [0.25, 0.3) is 0 Å². The highest BCUT2D eigenvalue weighted by molar-refractivity contribution is 7.89. The van der Waals surface area contributed by atoms with Crippen molar-refractivity contribution in [1.82, 2.24) is 19.4 Å². The van der Waals surface area contributed by atoms with E-state index in [0.29, 0.717) is 37.4 Å². The fourth-order valence-electron chi connectivity index (χ4n) is 4.86. The molecular weight excluding hydrogens is 492 g/mol. The molecule has 4 rings (SSSR count). The molecule has 2 heterocycles. The summed E-state index contributed by atoms with van der Waals surface area (Å²) >= 11 is 0. The van der Waals surface area contributed by atoms with E-state index < -0.39 is 22.0 Å². The first-order valence-corrected chi connectivity index (χ1v) is 13.9. The van der Waals surface area contributed by atoms with Crippen LogP contribution >= 0.6 is 0 Å². The number of nitrogens with zero attached hydrogens (tertiary/aromatic N) is 3. The summed E-state index contributed by atoms with van der Waals surface area (Å²) in [5.41, 5.74) is 2.81. The summed E-state index contributed by atoms with van der Waals surface area (Å²) in [4.78, 5) is 29.9. The van der Waals surface area contributed by atoms with Gasteiger partial charge in [-0.3, -0.25) is 9.80 Å². The van der Waals surface area contributed by atoms with Gasteiger partial charge in [0.15, 0.2) is 0 Å². The van der Waals surface area contributed by atoms with Crippen LogP contribution in [0.4, 0.5) is 4.79 Å². The van der Waals surface area contributed by atoms with Gasteiger partial charge in [0.25, 0.3) is 0 Å². The van der Waals surface area contributed by atoms with Crippen molar-refractivity contribution >= 4 is 22.0 Å². The van der Waals surface area contributed by atoms with Crippen LogP contribution in [0.2, 0.25) is 0 Å². The Hall–Kier alpha value is -3.21. The van der Waals surface area contributed by atoms with Crippen molar-refractivity contribution in [3.05, 3.63) is 77.0 Å². The lowest BCUT2D eigenvalue weighted by atomic mass is 9.93. The minimum absolute atomic E-state index is 0.209. The van der Waals surface area contributed by atoms with Gasteiger partial charge in [-0.15, -0.1) is 0 Å². The molecule has 2 atom stereocenters. The number of nitrogens with one attached hydrogen (secondary N) is 1. The largest absolute Gasteiger partial charge is 0.463 e. The number of rotatable bonds is 7. The van der Waals surface area contributed by atoms with Crippen molar-refractivity contribution in [2.24, 2.45) is 0 Å². The molecule has 0 radical (unpaired) electrons. The predicted molar refractivity (Wildman–Crippen MR) is 140 cm³/mol. The van der Waals surface area contributed by atoms with Gasteiger partial charge >= 0.3 is 12.0 Å². The highest BCUT2D eigenvalue weighted by Crippen LogP contribution is 2.32. The van der Waals surface area contributed by atoms with E-state index >= 15 is 0 Å². The van der Waals surface area contributed by atoms with Crippen LogP contribution in [-0.2, 0) is 19.6 Å².